The molecule has 0 atom stereocenters. The Morgan fingerprint density at radius 1 is 0.967 bits per heavy atom. The van der Waals surface area contributed by atoms with Gasteiger partial charge in [0.15, 0.2) is 0 Å². The number of halogens is 2. The summed E-state index contributed by atoms with van der Waals surface area (Å²) in [6, 6.07) is 15.8. The molecular weight excluding hydrogens is 392 g/mol. The highest BCUT2D eigenvalue weighted by Gasteiger charge is 2.69. The monoisotopic (exact) mass is 413 g/mol. The average molecular weight is 413 g/mol. The van der Waals surface area contributed by atoms with Crippen LogP contribution in [-0.2, 0) is 9.53 Å². The van der Waals surface area contributed by atoms with Crippen LogP contribution in [-0.4, -0.2) is 35.2 Å². The smallest absolute Gasteiger partial charge is 0.408 e. The zero-order chi connectivity index (χ0) is 21.1. The maximum Gasteiger partial charge on any atom is 0.408 e. The third kappa shape index (κ3) is 2.87. The fourth-order valence-corrected chi connectivity index (χ4v) is 5.65. The van der Waals surface area contributed by atoms with Crippen LogP contribution in [0.25, 0.3) is 11.1 Å². The number of ether oxygens (including phenoxy) is 1. The molecule has 2 aromatic carbocycles. The topological polar surface area (TPSA) is 75.6 Å². The van der Waals surface area contributed by atoms with Gasteiger partial charge in [0, 0.05) is 18.8 Å². The summed E-state index contributed by atoms with van der Waals surface area (Å²) in [7, 11) is 0. The number of aliphatic carboxylic acids is 1. The Kier molecular flexibility index (Phi) is 3.98. The quantitative estimate of drug-likeness (QED) is 0.771. The van der Waals surface area contributed by atoms with E-state index in [-0.39, 0.29) is 38.2 Å². The molecule has 0 heterocycles. The third-order valence-corrected chi connectivity index (χ3v) is 6.72. The molecule has 2 N–H and O–H groups in total. The molecule has 3 aliphatic rings. The number of hydrogen-bond donors (Lipinski definition) is 2. The lowest BCUT2D eigenvalue weighted by atomic mass is 9.47. The van der Waals surface area contributed by atoms with E-state index < -0.39 is 28.9 Å². The van der Waals surface area contributed by atoms with Crippen LogP contribution in [0.5, 0.6) is 0 Å². The highest BCUT2D eigenvalue weighted by atomic mass is 19.3. The lowest BCUT2D eigenvalue weighted by Gasteiger charge is -2.60. The standard InChI is InChI=1S/C23H21F2NO4/c24-23(25)12-21(13-23)10-22(11-21,19(27)28)26-20(29)30-9-18-16-7-3-1-5-14(16)15-6-2-4-8-17(15)18/h1-8,18H,9-13H2,(H,26,29)(H,27,28). The van der Waals surface area contributed by atoms with E-state index in [2.05, 4.69) is 5.32 Å². The van der Waals surface area contributed by atoms with Crippen LogP contribution >= 0.6 is 0 Å². The van der Waals surface area contributed by atoms with Gasteiger partial charge in [0.1, 0.15) is 12.1 Å². The second-order valence-electron chi connectivity index (χ2n) is 8.90. The van der Waals surface area contributed by atoms with Crippen LogP contribution in [0.4, 0.5) is 13.6 Å². The average Bonchev–Trinajstić information content (AvgIpc) is 2.97. The van der Waals surface area contributed by atoms with Crippen molar-refractivity contribution in [1.29, 1.82) is 0 Å². The zero-order valence-corrected chi connectivity index (χ0v) is 16.2. The molecule has 2 fully saturated rings. The first-order valence-electron chi connectivity index (χ1n) is 9.97. The van der Waals surface area contributed by atoms with Crippen LogP contribution in [0.3, 0.4) is 0 Å². The first-order valence-corrected chi connectivity index (χ1v) is 9.97. The van der Waals surface area contributed by atoms with E-state index in [9.17, 15) is 23.5 Å². The molecule has 0 radical (unpaired) electrons. The molecule has 0 aromatic heterocycles. The van der Waals surface area contributed by atoms with E-state index in [4.69, 9.17) is 4.74 Å². The molecular formula is C23H21F2NO4. The number of fused-ring (bicyclic) bond motifs is 3. The summed E-state index contributed by atoms with van der Waals surface area (Å²) in [6.45, 7) is 0.0682. The summed E-state index contributed by atoms with van der Waals surface area (Å²) in [5.41, 5.74) is 2.09. The van der Waals surface area contributed by atoms with E-state index in [0.29, 0.717) is 0 Å². The predicted molar refractivity (Wildman–Crippen MR) is 104 cm³/mol. The number of alkyl carbamates (subject to hydrolysis) is 1. The van der Waals surface area contributed by atoms with Crippen LogP contribution in [0.15, 0.2) is 48.5 Å². The maximum absolute atomic E-state index is 13.2. The Labute approximate surface area is 172 Å². The van der Waals surface area contributed by atoms with Crippen molar-refractivity contribution in [2.75, 3.05) is 6.61 Å². The van der Waals surface area contributed by atoms with Gasteiger partial charge in [-0.05, 0) is 40.5 Å². The second kappa shape index (κ2) is 6.27. The van der Waals surface area contributed by atoms with Gasteiger partial charge in [0.25, 0.3) is 0 Å². The van der Waals surface area contributed by atoms with Crippen molar-refractivity contribution in [3.63, 3.8) is 0 Å². The van der Waals surface area contributed by atoms with Crippen LogP contribution in [0, 0.1) is 5.41 Å². The molecule has 5 rings (SSSR count). The molecule has 1 spiro atoms. The molecule has 5 nitrogen and oxygen atoms in total. The third-order valence-electron chi connectivity index (χ3n) is 6.72. The second-order valence-corrected chi connectivity index (χ2v) is 8.90. The van der Waals surface area contributed by atoms with Crippen molar-refractivity contribution < 1.29 is 28.2 Å². The highest BCUT2D eigenvalue weighted by molar-refractivity contribution is 5.86. The summed E-state index contributed by atoms with van der Waals surface area (Å²) in [4.78, 5) is 24.2. The Bertz CT molecular complexity index is 990. The van der Waals surface area contributed by atoms with Crippen molar-refractivity contribution in [2.24, 2.45) is 5.41 Å². The Balaban J connectivity index is 1.26. The molecule has 30 heavy (non-hydrogen) atoms. The molecule has 156 valence electrons. The summed E-state index contributed by atoms with van der Waals surface area (Å²) in [6.07, 6.45) is -1.45. The molecule has 7 heteroatoms. The van der Waals surface area contributed by atoms with Gasteiger partial charge in [-0.3, -0.25) is 0 Å². The Hall–Kier alpha value is -2.96. The first-order chi connectivity index (χ1) is 14.2. The number of carbonyl (C=O) groups is 2. The first kappa shape index (κ1) is 19.0. The van der Waals surface area contributed by atoms with Gasteiger partial charge < -0.3 is 15.2 Å². The number of carbonyl (C=O) groups excluding carboxylic acids is 1. The van der Waals surface area contributed by atoms with Crippen LogP contribution < -0.4 is 5.32 Å². The molecule has 0 bridgehead atoms. The van der Waals surface area contributed by atoms with Gasteiger partial charge in [-0.25, -0.2) is 18.4 Å². The fourth-order valence-electron chi connectivity index (χ4n) is 5.65. The van der Waals surface area contributed by atoms with Crippen molar-refractivity contribution in [2.45, 2.75) is 43.1 Å². The van der Waals surface area contributed by atoms with Crippen LogP contribution in [0.1, 0.15) is 42.7 Å². The lowest BCUT2D eigenvalue weighted by Crippen LogP contribution is -2.71. The number of carboxylic acid groups (broad SMARTS) is 1. The van der Waals surface area contributed by atoms with Crippen molar-refractivity contribution in [3.8, 4) is 11.1 Å². The van der Waals surface area contributed by atoms with Crippen LogP contribution in [0.2, 0.25) is 0 Å². The van der Waals surface area contributed by atoms with Gasteiger partial charge in [-0.15, -0.1) is 0 Å². The van der Waals surface area contributed by atoms with E-state index in [1.165, 1.54) is 0 Å². The van der Waals surface area contributed by atoms with E-state index >= 15 is 0 Å². The van der Waals surface area contributed by atoms with Crippen molar-refractivity contribution in [3.05, 3.63) is 59.7 Å². The summed E-state index contributed by atoms with van der Waals surface area (Å²) < 4.78 is 31.9. The van der Waals surface area contributed by atoms with Gasteiger partial charge in [0.2, 0.25) is 5.92 Å². The number of benzene rings is 2. The Morgan fingerprint density at radius 2 is 1.50 bits per heavy atom. The largest absolute Gasteiger partial charge is 0.480 e. The number of alkyl halides is 2. The summed E-state index contributed by atoms with van der Waals surface area (Å²) >= 11 is 0. The predicted octanol–water partition coefficient (Wildman–Crippen LogP) is 4.56. The fraction of sp³-hybridized carbons (Fsp3) is 0.391. The van der Waals surface area contributed by atoms with E-state index in [1.54, 1.807) is 0 Å². The minimum absolute atomic E-state index is 0.00905. The maximum atomic E-state index is 13.2. The highest BCUT2D eigenvalue weighted by Crippen LogP contribution is 2.65. The number of carboxylic acids is 1. The normalized spacial score (nSPS) is 21.7. The van der Waals surface area contributed by atoms with E-state index in [0.717, 1.165) is 22.3 Å². The van der Waals surface area contributed by atoms with E-state index in [1.807, 2.05) is 48.5 Å². The molecule has 3 aliphatic carbocycles. The molecule has 2 aromatic rings. The SMILES string of the molecule is O=C(NC1(C(=O)O)CC2(CC(F)(F)C2)C1)OCC1c2ccccc2-c2ccccc21. The summed E-state index contributed by atoms with van der Waals surface area (Å²) in [5.74, 6) is -4.08. The number of amides is 1. The number of rotatable bonds is 4. The van der Waals surface area contributed by atoms with Gasteiger partial charge >= 0.3 is 12.1 Å². The molecule has 1 amide bonds. The minimum Gasteiger partial charge on any atom is -0.480 e. The molecule has 0 aliphatic heterocycles. The number of nitrogens with one attached hydrogen (secondary N) is 1. The number of hydrogen-bond acceptors (Lipinski definition) is 3. The Morgan fingerprint density at radius 3 is 2.00 bits per heavy atom. The molecule has 0 saturated heterocycles. The van der Waals surface area contributed by atoms with Crippen molar-refractivity contribution in [1.82, 2.24) is 5.32 Å². The summed E-state index contributed by atoms with van der Waals surface area (Å²) in [5, 5.41) is 12.0. The van der Waals surface area contributed by atoms with Crippen molar-refractivity contribution >= 4 is 12.1 Å². The van der Waals surface area contributed by atoms with Gasteiger partial charge in [-0.2, -0.15) is 0 Å². The van der Waals surface area contributed by atoms with Gasteiger partial charge in [0.05, 0.1) is 0 Å². The lowest BCUT2D eigenvalue weighted by molar-refractivity contribution is -0.220. The van der Waals surface area contributed by atoms with Gasteiger partial charge in [-0.1, -0.05) is 48.5 Å². The minimum atomic E-state index is -2.73. The zero-order valence-electron chi connectivity index (χ0n) is 16.2. The molecule has 2 saturated carbocycles. The molecule has 0 unspecified atom stereocenters.